The molecule has 1 aliphatic heterocycles. The molecule has 0 radical (unpaired) electrons. The molecule has 1 saturated heterocycles. The zero-order chi connectivity index (χ0) is 13.1. The van der Waals surface area contributed by atoms with Gasteiger partial charge in [-0.3, -0.25) is 4.79 Å². The Morgan fingerprint density at radius 3 is 2.94 bits per heavy atom. The SMILES string of the molecule is O=C(NCC(F)F)C1CN(c2ncccc2Cl)C1. The lowest BCUT2D eigenvalue weighted by Gasteiger charge is -2.39. The van der Waals surface area contributed by atoms with Crippen molar-refractivity contribution in [3.63, 3.8) is 0 Å². The molecule has 1 amide bonds. The molecule has 1 aromatic heterocycles. The molecule has 2 heterocycles. The van der Waals surface area contributed by atoms with Gasteiger partial charge in [0.2, 0.25) is 5.91 Å². The molecule has 7 heteroatoms. The Morgan fingerprint density at radius 2 is 2.33 bits per heavy atom. The summed E-state index contributed by atoms with van der Waals surface area (Å²) in [5.41, 5.74) is 0. The fourth-order valence-electron chi connectivity index (χ4n) is 1.75. The summed E-state index contributed by atoms with van der Waals surface area (Å²) < 4.78 is 23.8. The number of anilines is 1. The van der Waals surface area contributed by atoms with Crippen LogP contribution in [0.3, 0.4) is 0 Å². The summed E-state index contributed by atoms with van der Waals surface area (Å²) in [7, 11) is 0. The minimum absolute atomic E-state index is 0.276. The summed E-state index contributed by atoms with van der Waals surface area (Å²) >= 11 is 5.96. The molecule has 18 heavy (non-hydrogen) atoms. The molecule has 1 fully saturated rings. The molecular weight excluding hydrogens is 264 g/mol. The van der Waals surface area contributed by atoms with Gasteiger partial charge in [-0.1, -0.05) is 11.6 Å². The maximum atomic E-state index is 11.9. The number of carbonyl (C=O) groups excluding carboxylic acids is 1. The van der Waals surface area contributed by atoms with Crippen LogP contribution in [-0.4, -0.2) is 37.0 Å². The summed E-state index contributed by atoms with van der Waals surface area (Å²) in [6, 6.07) is 3.44. The number of amides is 1. The molecule has 0 saturated carbocycles. The number of halogens is 3. The lowest BCUT2D eigenvalue weighted by atomic mass is 9.99. The number of hydrogen-bond acceptors (Lipinski definition) is 3. The molecule has 0 aliphatic carbocycles. The predicted octanol–water partition coefficient (Wildman–Crippen LogP) is 1.55. The van der Waals surface area contributed by atoms with Gasteiger partial charge in [0.05, 0.1) is 17.5 Å². The van der Waals surface area contributed by atoms with Gasteiger partial charge in [-0.2, -0.15) is 0 Å². The molecule has 1 aliphatic rings. The quantitative estimate of drug-likeness (QED) is 0.907. The molecule has 0 atom stereocenters. The smallest absolute Gasteiger partial charge is 0.255 e. The van der Waals surface area contributed by atoms with Crippen LogP contribution >= 0.6 is 11.6 Å². The third kappa shape index (κ3) is 2.87. The Kier molecular flexibility index (Phi) is 3.96. The summed E-state index contributed by atoms with van der Waals surface area (Å²) in [4.78, 5) is 17.4. The zero-order valence-corrected chi connectivity index (χ0v) is 10.2. The van der Waals surface area contributed by atoms with Gasteiger partial charge in [0.1, 0.15) is 5.82 Å². The summed E-state index contributed by atoms with van der Waals surface area (Å²) in [5.74, 6) is -0.00231. The zero-order valence-electron chi connectivity index (χ0n) is 9.44. The number of carbonyl (C=O) groups is 1. The van der Waals surface area contributed by atoms with Crippen LogP contribution in [0.4, 0.5) is 14.6 Å². The first kappa shape index (κ1) is 13.0. The molecule has 2 rings (SSSR count). The van der Waals surface area contributed by atoms with Crippen LogP contribution in [0.2, 0.25) is 5.02 Å². The van der Waals surface area contributed by atoms with Crippen LogP contribution < -0.4 is 10.2 Å². The van der Waals surface area contributed by atoms with E-state index in [1.165, 1.54) is 0 Å². The van der Waals surface area contributed by atoms with E-state index in [0.29, 0.717) is 23.9 Å². The second-order valence-electron chi connectivity index (χ2n) is 4.05. The Hall–Kier alpha value is -1.43. The number of nitrogens with zero attached hydrogens (tertiary/aromatic N) is 2. The summed E-state index contributed by atoms with van der Waals surface area (Å²) in [5, 5.41) is 2.72. The van der Waals surface area contributed by atoms with E-state index < -0.39 is 13.0 Å². The van der Waals surface area contributed by atoms with Gasteiger partial charge in [0, 0.05) is 19.3 Å². The van der Waals surface area contributed by atoms with E-state index in [9.17, 15) is 13.6 Å². The Labute approximate surface area is 108 Å². The number of aromatic nitrogens is 1. The second-order valence-corrected chi connectivity index (χ2v) is 4.45. The maximum Gasteiger partial charge on any atom is 0.255 e. The highest BCUT2D eigenvalue weighted by atomic mass is 35.5. The number of hydrogen-bond donors (Lipinski definition) is 1. The lowest BCUT2D eigenvalue weighted by molar-refractivity contribution is -0.126. The third-order valence-corrected chi connectivity index (χ3v) is 3.02. The lowest BCUT2D eigenvalue weighted by Crippen LogP contribution is -2.54. The van der Waals surface area contributed by atoms with E-state index in [1.807, 2.05) is 4.90 Å². The van der Waals surface area contributed by atoms with Crippen molar-refractivity contribution in [2.45, 2.75) is 6.43 Å². The topological polar surface area (TPSA) is 45.2 Å². The van der Waals surface area contributed by atoms with Gasteiger partial charge >= 0.3 is 0 Å². The molecule has 1 N–H and O–H groups in total. The average molecular weight is 276 g/mol. The average Bonchev–Trinajstić information content (AvgIpc) is 2.27. The van der Waals surface area contributed by atoms with Crippen LogP contribution in [-0.2, 0) is 4.79 Å². The Balaban J connectivity index is 1.84. The number of rotatable bonds is 4. The monoisotopic (exact) mass is 275 g/mol. The number of pyridine rings is 1. The van der Waals surface area contributed by atoms with E-state index >= 15 is 0 Å². The fourth-order valence-corrected chi connectivity index (χ4v) is 1.99. The van der Waals surface area contributed by atoms with Crippen molar-refractivity contribution < 1.29 is 13.6 Å². The van der Waals surface area contributed by atoms with Crippen LogP contribution in [0.1, 0.15) is 0 Å². The van der Waals surface area contributed by atoms with E-state index in [1.54, 1.807) is 18.3 Å². The van der Waals surface area contributed by atoms with Crippen molar-refractivity contribution in [2.24, 2.45) is 5.92 Å². The minimum atomic E-state index is -2.52. The fraction of sp³-hybridized carbons (Fsp3) is 0.455. The molecule has 1 aromatic rings. The highest BCUT2D eigenvalue weighted by Crippen LogP contribution is 2.28. The largest absolute Gasteiger partial charge is 0.354 e. The van der Waals surface area contributed by atoms with Gasteiger partial charge in [0.25, 0.3) is 6.43 Å². The van der Waals surface area contributed by atoms with Crippen molar-refractivity contribution in [2.75, 3.05) is 24.5 Å². The Bertz CT molecular complexity index is 438. The normalized spacial score (nSPS) is 15.7. The van der Waals surface area contributed by atoms with Gasteiger partial charge < -0.3 is 10.2 Å². The standard InChI is InChI=1S/C11H12ClF2N3O/c12-8-2-1-3-15-10(8)17-5-7(6-17)11(18)16-4-9(13)14/h1-3,7,9H,4-6H2,(H,16,18). The second kappa shape index (κ2) is 5.48. The summed E-state index contributed by atoms with van der Waals surface area (Å²) in [6.07, 6.45) is -0.902. The minimum Gasteiger partial charge on any atom is -0.354 e. The molecule has 0 bridgehead atoms. The van der Waals surface area contributed by atoms with E-state index in [0.717, 1.165) is 0 Å². The number of alkyl halides is 2. The van der Waals surface area contributed by atoms with Crippen LogP contribution in [0.25, 0.3) is 0 Å². The molecule has 4 nitrogen and oxygen atoms in total. The van der Waals surface area contributed by atoms with Crippen molar-refractivity contribution in [3.05, 3.63) is 23.4 Å². The van der Waals surface area contributed by atoms with Crippen molar-refractivity contribution in [1.82, 2.24) is 10.3 Å². The van der Waals surface area contributed by atoms with Gasteiger partial charge in [0.15, 0.2) is 0 Å². The Morgan fingerprint density at radius 1 is 1.61 bits per heavy atom. The third-order valence-electron chi connectivity index (χ3n) is 2.72. The van der Waals surface area contributed by atoms with Crippen LogP contribution in [0.15, 0.2) is 18.3 Å². The van der Waals surface area contributed by atoms with Crippen molar-refractivity contribution in [1.29, 1.82) is 0 Å². The molecule has 0 unspecified atom stereocenters. The van der Waals surface area contributed by atoms with Gasteiger partial charge in [-0.05, 0) is 12.1 Å². The number of nitrogens with one attached hydrogen (secondary N) is 1. The van der Waals surface area contributed by atoms with E-state index in [-0.39, 0.29) is 11.8 Å². The first-order valence-electron chi connectivity index (χ1n) is 5.49. The van der Waals surface area contributed by atoms with Crippen LogP contribution in [0.5, 0.6) is 0 Å². The van der Waals surface area contributed by atoms with Crippen molar-refractivity contribution >= 4 is 23.3 Å². The van der Waals surface area contributed by atoms with E-state index in [4.69, 9.17) is 11.6 Å². The van der Waals surface area contributed by atoms with Crippen molar-refractivity contribution in [3.8, 4) is 0 Å². The van der Waals surface area contributed by atoms with Gasteiger partial charge in [-0.15, -0.1) is 0 Å². The molecule has 0 aromatic carbocycles. The predicted molar refractivity (Wildman–Crippen MR) is 64.0 cm³/mol. The van der Waals surface area contributed by atoms with Gasteiger partial charge in [-0.25, -0.2) is 13.8 Å². The van der Waals surface area contributed by atoms with Crippen LogP contribution in [0, 0.1) is 5.92 Å². The highest BCUT2D eigenvalue weighted by Gasteiger charge is 2.34. The summed E-state index contributed by atoms with van der Waals surface area (Å²) in [6.45, 7) is 0.303. The first-order chi connectivity index (χ1) is 8.58. The van der Waals surface area contributed by atoms with E-state index in [2.05, 4.69) is 10.3 Å². The first-order valence-corrected chi connectivity index (χ1v) is 5.87. The molecular formula is C11H12ClF2N3O. The highest BCUT2D eigenvalue weighted by molar-refractivity contribution is 6.32. The molecule has 0 spiro atoms. The molecule has 98 valence electrons. The maximum absolute atomic E-state index is 11.9.